The van der Waals surface area contributed by atoms with Crippen LogP contribution in [0.2, 0.25) is 0 Å². The summed E-state index contributed by atoms with van der Waals surface area (Å²) in [4.78, 5) is 16.4. The van der Waals surface area contributed by atoms with E-state index in [-0.39, 0.29) is 36.5 Å². The molecule has 3 unspecified atom stereocenters. The Balaban J connectivity index is 1.19. The van der Waals surface area contributed by atoms with Crippen LogP contribution in [-0.4, -0.2) is 33.9 Å². The molecule has 1 aromatic carbocycles. The van der Waals surface area contributed by atoms with Crippen LogP contribution in [0.5, 0.6) is 5.75 Å². The lowest BCUT2D eigenvalue weighted by molar-refractivity contribution is -0.144. The molecule has 3 atom stereocenters. The number of hydrogen-bond donors (Lipinski definition) is 0. The summed E-state index contributed by atoms with van der Waals surface area (Å²) in [5.41, 5.74) is 2.96. The van der Waals surface area contributed by atoms with Crippen LogP contribution >= 0.6 is 0 Å². The van der Waals surface area contributed by atoms with E-state index in [9.17, 15) is 9.18 Å². The number of halogens is 1. The molecule has 34 heavy (non-hydrogen) atoms. The molecule has 3 heterocycles. The average molecular weight is 466 g/mol. The number of pyridine rings is 1. The van der Waals surface area contributed by atoms with Gasteiger partial charge in [-0.3, -0.25) is 9.78 Å². The Morgan fingerprint density at radius 3 is 2.88 bits per heavy atom. The van der Waals surface area contributed by atoms with Crippen molar-refractivity contribution < 1.29 is 23.4 Å². The van der Waals surface area contributed by atoms with Crippen LogP contribution in [0.4, 0.5) is 4.39 Å². The highest BCUT2D eigenvalue weighted by Crippen LogP contribution is 2.49. The van der Waals surface area contributed by atoms with E-state index < -0.39 is 0 Å². The lowest BCUT2D eigenvalue weighted by atomic mass is 10.1. The molecule has 1 saturated carbocycles. The maximum absolute atomic E-state index is 14.7. The van der Waals surface area contributed by atoms with Crippen molar-refractivity contribution in [3.8, 4) is 17.1 Å². The molecule has 5 rings (SSSR count). The highest BCUT2D eigenvalue weighted by Gasteiger charge is 2.46. The molecule has 1 saturated heterocycles. The van der Waals surface area contributed by atoms with Gasteiger partial charge in [-0.1, -0.05) is 12.1 Å². The predicted octanol–water partition coefficient (Wildman–Crippen LogP) is 5.03. The molecule has 3 aromatic rings. The minimum absolute atomic E-state index is 0.0578. The number of ether oxygens (including phenoxy) is 3. The van der Waals surface area contributed by atoms with Crippen molar-refractivity contribution in [1.29, 1.82) is 0 Å². The van der Waals surface area contributed by atoms with E-state index in [1.807, 2.05) is 28.9 Å². The van der Waals surface area contributed by atoms with Gasteiger partial charge in [-0.2, -0.15) is 5.10 Å². The first-order chi connectivity index (χ1) is 16.6. The fourth-order valence-corrected chi connectivity index (χ4v) is 4.46. The Kier molecular flexibility index (Phi) is 6.58. The number of hydrogen-bond acceptors (Lipinski definition) is 6. The fraction of sp³-hybridized carbons (Fsp3) is 0.423. The third-order valence-electron chi connectivity index (χ3n) is 6.35. The molecule has 0 bridgehead atoms. The summed E-state index contributed by atoms with van der Waals surface area (Å²) in [6, 6.07) is 10.7. The van der Waals surface area contributed by atoms with E-state index >= 15 is 0 Å². The van der Waals surface area contributed by atoms with Gasteiger partial charge >= 0.3 is 5.97 Å². The lowest BCUT2D eigenvalue weighted by Gasteiger charge is -2.24. The minimum atomic E-state index is -0.315. The first-order valence-corrected chi connectivity index (χ1v) is 11.8. The summed E-state index contributed by atoms with van der Waals surface area (Å²) in [5, 5.41) is 4.43. The van der Waals surface area contributed by atoms with Gasteiger partial charge in [-0.25, -0.2) is 9.07 Å². The number of rotatable bonds is 8. The Hall–Kier alpha value is -3.26. The molecule has 0 spiro atoms. The number of aromatic nitrogens is 3. The second kappa shape index (κ2) is 9.93. The van der Waals surface area contributed by atoms with Crippen molar-refractivity contribution in [2.75, 3.05) is 13.2 Å². The molecular formula is C26H28FN3O4. The summed E-state index contributed by atoms with van der Waals surface area (Å²) in [6.07, 6.45) is 7.14. The van der Waals surface area contributed by atoms with Gasteiger partial charge in [-0.05, 0) is 68.0 Å². The molecule has 0 N–H and O–H groups in total. The third kappa shape index (κ3) is 4.82. The number of benzene rings is 1. The first-order valence-electron chi connectivity index (χ1n) is 11.8. The Morgan fingerprint density at radius 1 is 1.24 bits per heavy atom. The van der Waals surface area contributed by atoms with E-state index in [1.54, 1.807) is 25.4 Å². The summed E-state index contributed by atoms with van der Waals surface area (Å²) in [7, 11) is 0. The number of nitrogens with zero attached hydrogens (tertiary/aromatic N) is 3. The smallest absolute Gasteiger partial charge is 0.309 e. The minimum Gasteiger partial charge on any atom is -0.487 e. The van der Waals surface area contributed by atoms with Gasteiger partial charge in [0.25, 0.3) is 0 Å². The van der Waals surface area contributed by atoms with Crippen LogP contribution in [0.15, 0.2) is 48.8 Å². The standard InChI is InChI=1S/C26H28FN3O4/c1-2-32-26(31)21-14-20(21)19-8-6-17(13-22(19)27)16-34-18-7-9-23(28-15-18)24-10-11-29-30(24)25-5-3-4-12-33-25/h6-11,13,15,20-21,25H,2-5,12,14,16H2,1H3. The summed E-state index contributed by atoms with van der Waals surface area (Å²) >= 11 is 0. The van der Waals surface area contributed by atoms with E-state index in [0.29, 0.717) is 29.9 Å². The van der Waals surface area contributed by atoms with Crippen molar-refractivity contribution in [3.05, 3.63) is 65.7 Å². The monoisotopic (exact) mass is 465 g/mol. The number of carbonyl (C=O) groups is 1. The highest BCUT2D eigenvalue weighted by molar-refractivity contribution is 5.77. The van der Waals surface area contributed by atoms with Gasteiger partial charge in [0.1, 0.15) is 18.2 Å². The molecule has 1 aliphatic carbocycles. The second-order valence-corrected chi connectivity index (χ2v) is 8.71. The zero-order valence-electron chi connectivity index (χ0n) is 19.2. The van der Waals surface area contributed by atoms with Gasteiger partial charge < -0.3 is 14.2 Å². The van der Waals surface area contributed by atoms with Crippen molar-refractivity contribution >= 4 is 5.97 Å². The topological polar surface area (TPSA) is 75.5 Å². The molecular weight excluding hydrogens is 437 g/mol. The average Bonchev–Trinajstić information content (AvgIpc) is 3.50. The fourth-order valence-electron chi connectivity index (χ4n) is 4.46. The SMILES string of the molecule is CCOC(=O)C1CC1c1ccc(COc2ccc(-c3ccnn3C3CCCCO3)nc2)cc1F. The van der Waals surface area contributed by atoms with Crippen LogP contribution in [0.3, 0.4) is 0 Å². The number of carbonyl (C=O) groups excluding carboxylic acids is 1. The third-order valence-corrected chi connectivity index (χ3v) is 6.35. The maximum Gasteiger partial charge on any atom is 0.309 e. The summed E-state index contributed by atoms with van der Waals surface area (Å²) in [5.74, 6) is -0.299. The van der Waals surface area contributed by atoms with Gasteiger partial charge in [0.2, 0.25) is 0 Å². The predicted molar refractivity (Wildman–Crippen MR) is 123 cm³/mol. The maximum atomic E-state index is 14.7. The molecule has 2 aliphatic rings. The molecule has 0 radical (unpaired) electrons. The van der Waals surface area contributed by atoms with Crippen LogP contribution in [0.25, 0.3) is 11.4 Å². The molecule has 0 amide bonds. The Morgan fingerprint density at radius 2 is 2.15 bits per heavy atom. The lowest BCUT2D eigenvalue weighted by Crippen LogP contribution is -2.20. The van der Waals surface area contributed by atoms with E-state index in [2.05, 4.69) is 10.1 Å². The first kappa shape index (κ1) is 22.5. The van der Waals surface area contributed by atoms with Crippen LogP contribution < -0.4 is 4.74 Å². The van der Waals surface area contributed by atoms with Crippen molar-refractivity contribution in [3.63, 3.8) is 0 Å². The van der Waals surface area contributed by atoms with Gasteiger partial charge in [0.15, 0.2) is 6.23 Å². The van der Waals surface area contributed by atoms with E-state index in [4.69, 9.17) is 14.2 Å². The summed E-state index contributed by atoms with van der Waals surface area (Å²) in [6.45, 7) is 3.08. The molecule has 2 aromatic heterocycles. The molecule has 2 fully saturated rings. The van der Waals surface area contributed by atoms with Crippen molar-refractivity contribution in [2.24, 2.45) is 5.92 Å². The van der Waals surface area contributed by atoms with Crippen LogP contribution in [0, 0.1) is 11.7 Å². The van der Waals surface area contributed by atoms with E-state index in [1.165, 1.54) is 6.07 Å². The van der Waals surface area contributed by atoms with Crippen molar-refractivity contribution in [2.45, 2.75) is 51.4 Å². The van der Waals surface area contributed by atoms with Gasteiger partial charge in [0.05, 0.1) is 30.1 Å². The Bertz CT molecular complexity index is 1140. The van der Waals surface area contributed by atoms with Crippen LogP contribution in [-0.2, 0) is 20.9 Å². The van der Waals surface area contributed by atoms with Crippen LogP contribution in [0.1, 0.15) is 55.9 Å². The molecule has 8 heteroatoms. The van der Waals surface area contributed by atoms with Gasteiger partial charge in [-0.15, -0.1) is 0 Å². The number of esters is 1. The quantitative estimate of drug-likeness (QED) is 0.435. The highest BCUT2D eigenvalue weighted by atomic mass is 19.1. The molecule has 178 valence electrons. The zero-order valence-corrected chi connectivity index (χ0v) is 19.2. The van der Waals surface area contributed by atoms with Crippen molar-refractivity contribution in [1.82, 2.24) is 14.8 Å². The Labute approximate surface area is 197 Å². The molecule has 7 nitrogen and oxygen atoms in total. The second-order valence-electron chi connectivity index (χ2n) is 8.71. The zero-order chi connectivity index (χ0) is 23.5. The van der Waals surface area contributed by atoms with Gasteiger partial charge in [0, 0.05) is 18.7 Å². The molecule has 1 aliphatic heterocycles. The summed E-state index contributed by atoms with van der Waals surface area (Å²) < 4.78 is 33.3. The van der Waals surface area contributed by atoms with E-state index in [0.717, 1.165) is 37.3 Å². The largest absolute Gasteiger partial charge is 0.487 e. The normalized spacial score (nSPS) is 21.8.